The van der Waals surface area contributed by atoms with Crippen LogP contribution in [-0.4, -0.2) is 22.2 Å². The van der Waals surface area contributed by atoms with Crippen LogP contribution < -0.4 is 10.9 Å². The van der Waals surface area contributed by atoms with Crippen LogP contribution in [0.5, 0.6) is 0 Å². The van der Waals surface area contributed by atoms with E-state index >= 15 is 0 Å². The molecule has 0 aliphatic rings. The Hall–Kier alpha value is -2.32. The van der Waals surface area contributed by atoms with E-state index in [9.17, 15) is 29.4 Å². The van der Waals surface area contributed by atoms with Crippen molar-refractivity contribution >= 4 is 34.6 Å². The highest BCUT2D eigenvalue weighted by atomic mass is 32.1. The molecule has 2 rings (SSSR count). The molecule has 186 valence electrons. The summed E-state index contributed by atoms with van der Waals surface area (Å²) in [4.78, 5) is 50.7. The maximum atomic E-state index is 12.2. The monoisotopic (exact) mass is 506 g/mol. The molecule has 0 aliphatic carbocycles. The normalized spacial score (nSPS) is 12.0. The summed E-state index contributed by atoms with van der Waals surface area (Å²) in [6.45, 7) is 6.84. The molecule has 0 amide bonds. The molecule has 0 unspecified atom stereocenters. The molecular weight excluding hydrogens is 472 g/mol. The van der Waals surface area contributed by atoms with Gasteiger partial charge in [-0.2, -0.15) is 0 Å². The molecule has 0 atom stereocenters. The van der Waals surface area contributed by atoms with Gasteiger partial charge in [0.05, 0.1) is 10.8 Å². The number of carboxylic acid groups (broad SMARTS) is 2. The zero-order valence-corrected chi connectivity index (χ0v) is 21.9. The Labute approximate surface area is 208 Å². The lowest BCUT2D eigenvalue weighted by atomic mass is 9.87. The molecular formula is C26H34O6S2. The number of hydrogen-bond acceptors (Lipinski definition) is 6. The molecule has 0 bridgehead atoms. The highest BCUT2D eigenvalue weighted by Gasteiger charge is 2.27. The van der Waals surface area contributed by atoms with Gasteiger partial charge in [-0.3, -0.25) is 19.2 Å². The maximum absolute atomic E-state index is 12.2. The first-order valence-corrected chi connectivity index (χ1v) is 13.1. The zero-order valence-electron chi connectivity index (χ0n) is 20.3. The minimum Gasteiger partial charge on any atom is -0.481 e. The van der Waals surface area contributed by atoms with Gasteiger partial charge in [-0.25, -0.2) is 0 Å². The molecule has 0 saturated heterocycles. The minimum absolute atomic E-state index is 0.0516. The number of hydrogen-bond donors (Lipinski definition) is 2. The second-order valence-electron chi connectivity index (χ2n) is 10.0. The predicted octanol–water partition coefficient (Wildman–Crippen LogP) is 5.18. The Morgan fingerprint density at radius 1 is 0.647 bits per heavy atom. The van der Waals surface area contributed by atoms with Crippen molar-refractivity contribution in [1.29, 1.82) is 0 Å². The highest BCUT2D eigenvalue weighted by Crippen LogP contribution is 2.26. The Kier molecular flexibility index (Phi) is 9.76. The van der Waals surface area contributed by atoms with Crippen molar-refractivity contribution in [2.75, 3.05) is 0 Å². The summed E-state index contributed by atoms with van der Waals surface area (Å²) in [5.74, 6) is -1.64. The number of rotatable bonds is 13. The fraction of sp³-hybridized carbons (Fsp3) is 0.538. The van der Waals surface area contributed by atoms with Gasteiger partial charge in [0.15, 0.2) is 10.9 Å². The summed E-state index contributed by atoms with van der Waals surface area (Å²) in [7, 11) is 0. The molecule has 2 N–H and O–H groups in total. The van der Waals surface area contributed by atoms with Crippen LogP contribution in [0.15, 0.2) is 33.9 Å². The van der Waals surface area contributed by atoms with E-state index in [4.69, 9.17) is 0 Å². The number of carboxylic acids is 2. The largest absolute Gasteiger partial charge is 0.481 e. The lowest BCUT2D eigenvalue weighted by molar-refractivity contribution is -0.148. The molecule has 2 aromatic rings. The third kappa shape index (κ3) is 8.80. The zero-order chi connectivity index (χ0) is 25.5. The van der Waals surface area contributed by atoms with Gasteiger partial charge in [0, 0.05) is 19.5 Å². The molecule has 0 aliphatic heterocycles. The van der Waals surface area contributed by atoms with Crippen LogP contribution in [0.1, 0.15) is 72.9 Å². The van der Waals surface area contributed by atoms with Crippen LogP contribution in [0.25, 0.3) is 0 Å². The molecule has 0 fully saturated rings. The van der Waals surface area contributed by atoms with Gasteiger partial charge in [-0.15, -0.1) is 22.7 Å². The third-order valence-electron chi connectivity index (χ3n) is 5.96. The van der Waals surface area contributed by atoms with Crippen molar-refractivity contribution in [3.8, 4) is 0 Å². The predicted molar refractivity (Wildman–Crippen MR) is 137 cm³/mol. The smallest absolute Gasteiger partial charge is 0.309 e. The van der Waals surface area contributed by atoms with Crippen molar-refractivity contribution < 1.29 is 19.8 Å². The van der Waals surface area contributed by atoms with E-state index in [0.29, 0.717) is 51.4 Å². The van der Waals surface area contributed by atoms with Gasteiger partial charge in [0.1, 0.15) is 0 Å². The Morgan fingerprint density at radius 2 is 0.941 bits per heavy atom. The molecule has 0 aromatic carbocycles. The van der Waals surface area contributed by atoms with Crippen LogP contribution in [0.4, 0.5) is 0 Å². The third-order valence-corrected chi connectivity index (χ3v) is 8.30. The molecule has 6 nitrogen and oxygen atoms in total. The summed E-state index contributed by atoms with van der Waals surface area (Å²) in [5.41, 5.74) is -1.67. The summed E-state index contributed by atoms with van der Waals surface area (Å²) < 4.78 is 0. The molecule has 0 saturated carbocycles. The van der Waals surface area contributed by atoms with Crippen molar-refractivity contribution in [3.05, 3.63) is 64.2 Å². The average molecular weight is 507 g/mol. The van der Waals surface area contributed by atoms with Gasteiger partial charge in [0.2, 0.25) is 0 Å². The Bertz CT molecular complexity index is 1040. The summed E-state index contributed by atoms with van der Waals surface area (Å²) in [6, 6.07) is 6.52. The van der Waals surface area contributed by atoms with Gasteiger partial charge in [-0.1, -0.05) is 0 Å². The number of carbonyl (C=O) groups is 2. The fourth-order valence-electron chi connectivity index (χ4n) is 3.53. The van der Waals surface area contributed by atoms with Gasteiger partial charge in [-0.05, 0) is 103 Å². The van der Waals surface area contributed by atoms with Crippen molar-refractivity contribution in [3.63, 3.8) is 0 Å². The summed E-state index contributed by atoms with van der Waals surface area (Å²) >= 11 is 3.13. The first-order chi connectivity index (χ1) is 15.8. The van der Waals surface area contributed by atoms with Crippen LogP contribution in [0, 0.1) is 10.8 Å². The summed E-state index contributed by atoms with van der Waals surface area (Å²) in [5, 5.41) is 18.5. The SMILES string of the molecule is CC(C)(CCCc1cc(=O)cc(CCc2cc(=O)cc(CCCC(C)(C)C(=O)O)s2)s1)C(=O)O. The van der Waals surface area contributed by atoms with Crippen molar-refractivity contribution in [1.82, 2.24) is 0 Å². The lowest BCUT2D eigenvalue weighted by Crippen LogP contribution is -2.23. The van der Waals surface area contributed by atoms with E-state index in [1.54, 1.807) is 74.6 Å². The number of aliphatic carboxylic acids is 2. The van der Waals surface area contributed by atoms with Gasteiger partial charge in [0.25, 0.3) is 0 Å². The molecule has 0 spiro atoms. The Balaban J connectivity index is 1.99. The van der Waals surface area contributed by atoms with E-state index in [0.717, 1.165) is 19.5 Å². The highest BCUT2D eigenvalue weighted by molar-refractivity contribution is 7.12. The molecule has 2 aromatic heterocycles. The van der Waals surface area contributed by atoms with E-state index in [-0.39, 0.29) is 10.9 Å². The van der Waals surface area contributed by atoms with E-state index in [1.807, 2.05) is 0 Å². The van der Waals surface area contributed by atoms with Crippen LogP contribution in [0.2, 0.25) is 0 Å². The van der Waals surface area contributed by atoms with E-state index in [2.05, 4.69) is 0 Å². The van der Waals surface area contributed by atoms with Gasteiger partial charge < -0.3 is 10.2 Å². The van der Waals surface area contributed by atoms with Crippen LogP contribution >= 0.6 is 22.7 Å². The maximum Gasteiger partial charge on any atom is 0.309 e. The quantitative estimate of drug-likeness (QED) is 0.387. The Morgan fingerprint density at radius 3 is 1.24 bits per heavy atom. The van der Waals surface area contributed by atoms with E-state index in [1.165, 1.54) is 0 Å². The minimum atomic E-state index is -0.818. The fourth-order valence-corrected chi connectivity index (χ4v) is 5.81. The number of aryl methyl sites for hydroxylation is 4. The lowest BCUT2D eigenvalue weighted by Gasteiger charge is -2.18. The molecule has 2 heterocycles. The first kappa shape index (κ1) is 27.9. The molecule has 34 heavy (non-hydrogen) atoms. The second-order valence-corrected chi connectivity index (χ2v) is 12.5. The molecule has 8 heteroatoms. The topological polar surface area (TPSA) is 109 Å². The second kappa shape index (κ2) is 11.9. The molecule has 0 radical (unpaired) electrons. The van der Waals surface area contributed by atoms with Crippen LogP contribution in [0.3, 0.4) is 0 Å². The van der Waals surface area contributed by atoms with Gasteiger partial charge >= 0.3 is 11.9 Å². The first-order valence-electron chi connectivity index (χ1n) is 11.5. The average Bonchev–Trinajstić information content (AvgIpc) is 2.71. The van der Waals surface area contributed by atoms with Crippen LogP contribution in [-0.2, 0) is 35.3 Å². The standard InChI is InChI=1S/C26H34O6S2/c1-25(2,23(29)30)11-5-7-19-13-17(27)15-21(33-19)9-10-22-16-18(28)14-20(34-22)8-6-12-26(3,4)24(31)32/h13-16H,5-12H2,1-4H3,(H,29,30)(H,31,32). The summed E-state index contributed by atoms with van der Waals surface area (Å²) in [6.07, 6.45) is 5.11. The van der Waals surface area contributed by atoms with Crippen molar-refractivity contribution in [2.45, 2.75) is 79.1 Å². The van der Waals surface area contributed by atoms with Crippen molar-refractivity contribution in [2.24, 2.45) is 10.8 Å². The van der Waals surface area contributed by atoms with E-state index < -0.39 is 22.8 Å².